The summed E-state index contributed by atoms with van der Waals surface area (Å²) in [4.78, 5) is 24.6. The molecule has 0 aliphatic heterocycles. The Morgan fingerprint density at radius 2 is 1.56 bits per heavy atom. The molecule has 0 bridgehead atoms. The first-order valence-electron chi connectivity index (χ1n) is 8.50. The van der Waals surface area contributed by atoms with Crippen LogP contribution in [0.25, 0.3) is 0 Å². The Balaban J connectivity index is 1.98. The molecule has 0 saturated carbocycles. The van der Waals surface area contributed by atoms with Gasteiger partial charge in [0.05, 0.1) is 26.7 Å². The lowest BCUT2D eigenvalue weighted by molar-refractivity contribution is -0.870. The topological polar surface area (TPSA) is 43.4 Å². The van der Waals surface area contributed by atoms with Gasteiger partial charge in [0, 0.05) is 12.0 Å². The minimum absolute atomic E-state index is 0.0776. The van der Waals surface area contributed by atoms with Crippen molar-refractivity contribution in [1.82, 2.24) is 0 Å². The van der Waals surface area contributed by atoms with Crippen molar-refractivity contribution in [3.8, 4) is 0 Å². The van der Waals surface area contributed by atoms with Gasteiger partial charge in [0.1, 0.15) is 13.2 Å². The minimum atomic E-state index is -0.323. The summed E-state index contributed by atoms with van der Waals surface area (Å²) >= 11 is 0. The third-order valence-electron chi connectivity index (χ3n) is 3.95. The molecular weight excluding hydrogens is 314 g/mol. The molecule has 4 nitrogen and oxygen atoms in total. The Morgan fingerprint density at radius 1 is 0.920 bits per heavy atom. The van der Waals surface area contributed by atoms with Crippen LogP contribution in [0.2, 0.25) is 0 Å². The Labute approximate surface area is 149 Å². The van der Waals surface area contributed by atoms with Crippen molar-refractivity contribution in [2.24, 2.45) is 0 Å². The normalized spacial score (nSPS) is 11.2. The predicted octanol–water partition coefficient (Wildman–Crippen LogP) is 3.37. The number of hydrogen-bond acceptors (Lipinski definition) is 3. The van der Waals surface area contributed by atoms with Crippen molar-refractivity contribution < 1.29 is 18.8 Å². The number of ether oxygens (including phenoxy) is 1. The SMILES string of the molecule is C[N+](C)(C)CCOC(=O)c1ccccc1CCC(=O)c1ccccc1. The summed E-state index contributed by atoms with van der Waals surface area (Å²) in [5, 5.41) is 0. The van der Waals surface area contributed by atoms with E-state index in [0.717, 1.165) is 16.6 Å². The zero-order valence-corrected chi connectivity index (χ0v) is 15.2. The van der Waals surface area contributed by atoms with E-state index in [9.17, 15) is 9.59 Å². The van der Waals surface area contributed by atoms with E-state index >= 15 is 0 Å². The molecule has 0 amide bonds. The third-order valence-corrected chi connectivity index (χ3v) is 3.95. The number of aryl methyl sites for hydroxylation is 1. The molecule has 0 spiro atoms. The molecular formula is C21H26NO3+. The van der Waals surface area contributed by atoms with Crippen LogP contribution in [0.4, 0.5) is 0 Å². The second-order valence-corrected chi connectivity index (χ2v) is 7.10. The Morgan fingerprint density at radius 3 is 2.24 bits per heavy atom. The first-order valence-corrected chi connectivity index (χ1v) is 8.50. The molecule has 2 aromatic carbocycles. The van der Waals surface area contributed by atoms with Crippen LogP contribution < -0.4 is 0 Å². The van der Waals surface area contributed by atoms with Gasteiger partial charge in [0.25, 0.3) is 0 Å². The number of carbonyl (C=O) groups is 2. The smallest absolute Gasteiger partial charge is 0.338 e. The lowest BCUT2D eigenvalue weighted by Gasteiger charge is -2.23. The summed E-state index contributed by atoms with van der Waals surface area (Å²) < 4.78 is 6.13. The van der Waals surface area contributed by atoms with Crippen LogP contribution in [0.5, 0.6) is 0 Å². The summed E-state index contributed by atoms with van der Waals surface area (Å²) in [5.41, 5.74) is 2.09. The zero-order valence-electron chi connectivity index (χ0n) is 15.2. The monoisotopic (exact) mass is 340 g/mol. The van der Waals surface area contributed by atoms with Gasteiger partial charge in [-0.3, -0.25) is 4.79 Å². The van der Waals surface area contributed by atoms with Crippen molar-refractivity contribution in [1.29, 1.82) is 0 Å². The molecule has 0 radical (unpaired) electrons. The number of likely N-dealkylation sites (N-methyl/N-ethyl adjacent to an activating group) is 1. The van der Waals surface area contributed by atoms with Crippen molar-refractivity contribution in [3.63, 3.8) is 0 Å². The average molecular weight is 340 g/mol. The van der Waals surface area contributed by atoms with Crippen LogP contribution in [0, 0.1) is 0 Å². The molecule has 0 aromatic heterocycles. The van der Waals surface area contributed by atoms with Crippen LogP contribution in [-0.4, -0.2) is 50.5 Å². The number of rotatable bonds is 8. The number of hydrogen-bond donors (Lipinski definition) is 0. The second-order valence-electron chi connectivity index (χ2n) is 7.10. The van der Waals surface area contributed by atoms with Crippen molar-refractivity contribution >= 4 is 11.8 Å². The lowest BCUT2D eigenvalue weighted by Crippen LogP contribution is -2.38. The number of Topliss-reactive ketones (excluding diaryl/α,β-unsaturated/α-hetero) is 1. The van der Waals surface area contributed by atoms with Gasteiger partial charge in [0.15, 0.2) is 5.78 Å². The number of carbonyl (C=O) groups excluding carboxylic acids is 2. The van der Waals surface area contributed by atoms with E-state index in [2.05, 4.69) is 21.1 Å². The van der Waals surface area contributed by atoms with Gasteiger partial charge < -0.3 is 9.22 Å². The lowest BCUT2D eigenvalue weighted by atomic mass is 9.99. The van der Waals surface area contributed by atoms with Gasteiger partial charge in [0.2, 0.25) is 0 Å². The largest absolute Gasteiger partial charge is 0.456 e. The second kappa shape index (κ2) is 8.58. The Hall–Kier alpha value is -2.46. The van der Waals surface area contributed by atoms with Gasteiger partial charge >= 0.3 is 5.97 Å². The highest BCUT2D eigenvalue weighted by molar-refractivity contribution is 5.96. The van der Waals surface area contributed by atoms with E-state index in [0.29, 0.717) is 30.6 Å². The maximum atomic E-state index is 12.4. The van der Waals surface area contributed by atoms with Gasteiger partial charge in [-0.2, -0.15) is 0 Å². The molecule has 132 valence electrons. The van der Waals surface area contributed by atoms with E-state index < -0.39 is 0 Å². The summed E-state index contributed by atoms with van der Waals surface area (Å²) in [5.74, 6) is -0.245. The quantitative estimate of drug-likeness (QED) is 0.420. The highest BCUT2D eigenvalue weighted by Crippen LogP contribution is 2.14. The maximum absolute atomic E-state index is 12.4. The van der Waals surface area contributed by atoms with E-state index in [1.165, 1.54) is 0 Å². The molecule has 4 heteroatoms. The zero-order chi connectivity index (χ0) is 18.3. The fraction of sp³-hybridized carbons (Fsp3) is 0.333. The Kier molecular flexibility index (Phi) is 6.48. The molecule has 0 N–H and O–H groups in total. The fourth-order valence-corrected chi connectivity index (χ4v) is 2.44. The van der Waals surface area contributed by atoms with Crippen LogP contribution >= 0.6 is 0 Å². The molecule has 25 heavy (non-hydrogen) atoms. The van der Waals surface area contributed by atoms with Gasteiger partial charge in [-0.15, -0.1) is 0 Å². The first-order chi connectivity index (χ1) is 11.9. The third kappa shape index (κ3) is 6.16. The van der Waals surface area contributed by atoms with Crippen molar-refractivity contribution in [3.05, 3.63) is 71.3 Å². The molecule has 0 saturated heterocycles. The minimum Gasteiger partial charge on any atom is -0.456 e. The number of quaternary nitrogens is 1. The molecule has 0 atom stereocenters. The molecule has 0 fully saturated rings. The van der Waals surface area contributed by atoms with Gasteiger partial charge in [-0.05, 0) is 18.1 Å². The number of benzene rings is 2. The average Bonchev–Trinajstić information content (AvgIpc) is 2.59. The molecule has 2 aromatic rings. The fourth-order valence-electron chi connectivity index (χ4n) is 2.44. The summed E-state index contributed by atoms with van der Waals surface area (Å²) in [6.45, 7) is 1.13. The summed E-state index contributed by atoms with van der Waals surface area (Å²) in [6.07, 6.45) is 0.890. The van der Waals surface area contributed by atoms with E-state index in [-0.39, 0.29) is 11.8 Å². The summed E-state index contributed by atoms with van der Waals surface area (Å²) in [7, 11) is 6.16. The standard InChI is InChI=1S/C21H26NO3/c1-22(2,3)15-16-25-21(24)19-12-8-7-9-17(19)13-14-20(23)18-10-5-4-6-11-18/h4-12H,13-16H2,1-3H3/q+1. The highest BCUT2D eigenvalue weighted by atomic mass is 16.5. The van der Waals surface area contributed by atoms with Crippen LogP contribution in [-0.2, 0) is 11.2 Å². The van der Waals surface area contributed by atoms with Crippen LogP contribution in [0.15, 0.2) is 54.6 Å². The Bertz CT molecular complexity index is 717. The van der Waals surface area contributed by atoms with Gasteiger partial charge in [-0.1, -0.05) is 48.5 Å². The maximum Gasteiger partial charge on any atom is 0.338 e. The van der Waals surface area contributed by atoms with Crippen molar-refractivity contribution in [2.45, 2.75) is 12.8 Å². The number of ketones is 1. The predicted molar refractivity (Wildman–Crippen MR) is 98.7 cm³/mol. The molecule has 0 aliphatic carbocycles. The van der Waals surface area contributed by atoms with Crippen molar-refractivity contribution in [2.75, 3.05) is 34.3 Å². The van der Waals surface area contributed by atoms with Gasteiger partial charge in [-0.25, -0.2) is 4.79 Å². The highest BCUT2D eigenvalue weighted by Gasteiger charge is 2.15. The number of nitrogens with zero attached hydrogens (tertiary/aromatic N) is 1. The summed E-state index contributed by atoms with van der Waals surface area (Å²) in [6, 6.07) is 16.6. The molecule has 0 aliphatic rings. The molecule has 2 rings (SSSR count). The molecule has 0 unspecified atom stereocenters. The molecule has 0 heterocycles. The van der Waals surface area contributed by atoms with E-state index in [1.807, 2.05) is 48.5 Å². The van der Waals surface area contributed by atoms with Crippen LogP contribution in [0.3, 0.4) is 0 Å². The first kappa shape index (κ1) is 18.9. The van der Waals surface area contributed by atoms with E-state index in [4.69, 9.17) is 4.74 Å². The number of esters is 1. The van der Waals surface area contributed by atoms with E-state index in [1.54, 1.807) is 6.07 Å². The van der Waals surface area contributed by atoms with Crippen LogP contribution in [0.1, 0.15) is 32.7 Å².